The molecule has 4 nitrogen and oxygen atoms in total. The van der Waals surface area contributed by atoms with Gasteiger partial charge in [0.1, 0.15) is 0 Å². The molecule has 0 bridgehead atoms. The zero-order valence-corrected chi connectivity index (χ0v) is 11.3. The first-order valence-electron chi connectivity index (χ1n) is 6.47. The van der Waals surface area contributed by atoms with Crippen molar-refractivity contribution >= 4 is 17.1 Å². The van der Waals surface area contributed by atoms with Crippen molar-refractivity contribution in [2.45, 2.75) is 13.8 Å². The summed E-state index contributed by atoms with van der Waals surface area (Å²) in [5, 5.41) is 0. The topological polar surface area (TPSA) is 58.5 Å². The van der Waals surface area contributed by atoms with Crippen LogP contribution in [-0.2, 0) is 0 Å². The van der Waals surface area contributed by atoms with Gasteiger partial charge in [0.2, 0.25) is 0 Å². The van der Waals surface area contributed by atoms with Gasteiger partial charge in [0.15, 0.2) is 0 Å². The summed E-state index contributed by atoms with van der Waals surface area (Å²) < 4.78 is 0. The summed E-state index contributed by atoms with van der Waals surface area (Å²) in [6.45, 7) is 9.80. The number of nitrogens with zero attached hydrogens (tertiary/aromatic N) is 2. The highest BCUT2D eigenvalue weighted by atomic mass is 15.3. The van der Waals surface area contributed by atoms with E-state index in [1.54, 1.807) is 0 Å². The maximum Gasteiger partial charge on any atom is 0.0568 e. The number of hydrogen-bond acceptors (Lipinski definition) is 4. The van der Waals surface area contributed by atoms with Crippen molar-refractivity contribution in [3.05, 3.63) is 24.1 Å². The van der Waals surface area contributed by atoms with E-state index in [9.17, 15) is 0 Å². The highest BCUT2D eigenvalue weighted by Crippen LogP contribution is 2.24. The lowest BCUT2D eigenvalue weighted by molar-refractivity contribution is 0.267. The minimum atomic E-state index is 0.661. The molecule has 0 aromatic heterocycles. The van der Waals surface area contributed by atoms with Crippen molar-refractivity contribution in [1.29, 1.82) is 0 Å². The average Bonchev–Trinajstić information content (AvgIpc) is 2.33. The van der Waals surface area contributed by atoms with Gasteiger partial charge < -0.3 is 16.4 Å². The molecule has 1 aliphatic rings. The van der Waals surface area contributed by atoms with Crippen LogP contribution in [0.25, 0.3) is 0 Å². The fraction of sp³-hybridized carbons (Fsp3) is 0.500. The highest BCUT2D eigenvalue weighted by molar-refractivity contribution is 5.69. The quantitative estimate of drug-likeness (QED) is 0.796. The minimum absolute atomic E-state index is 0.661. The molecule has 4 N–H and O–H groups in total. The standard InChI is InChI=1S/C14H23N4/c1-11(2)10-17-5-7-18(8-6-17)12-3-4-13(15)14(16)9-12/h3-4,9H,5-8,10,15-16H2,1-2H3. The van der Waals surface area contributed by atoms with E-state index in [1.807, 2.05) is 12.1 Å². The van der Waals surface area contributed by atoms with Crippen LogP contribution in [0.2, 0.25) is 0 Å². The lowest BCUT2D eigenvalue weighted by Crippen LogP contribution is -2.47. The lowest BCUT2D eigenvalue weighted by Gasteiger charge is -2.36. The molecule has 0 atom stereocenters. The molecule has 0 aliphatic carbocycles. The Kier molecular flexibility index (Phi) is 3.97. The Morgan fingerprint density at radius 3 is 2.28 bits per heavy atom. The minimum Gasteiger partial charge on any atom is -0.397 e. The smallest absolute Gasteiger partial charge is 0.0568 e. The molecule has 4 heteroatoms. The summed E-state index contributed by atoms with van der Waals surface area (Å²) >= 11 is 0. The van der Waals surface area contributed by atoms with Crippen LogP contribution in [0.4, 0.5) is 17.1 Å². The first-order valence-corrected chi connectivity index (χ1v) is 6.47. The SMILES string of the molecule is C[C](C)CN1CCN(c2ccc(N)c(N)c2)CC1. The molecule has 0 amide bonds. The van der Waals surface area contributed by atoms with Gasteiger partial charge in [-0.05, 0) is 24.1 Å². The molecular formula is C14H23N4. The van der Waals surface area contributed by atoms with Crippen molar-refractivity contribution in [1.82, 2.24) is 4.90 Å². The molecule has 1 aromatic rings. The molecule has 0 unspecified atom stereocenters. The highest BCUT2D eigenvalue weighted by Gasteiger charge is 2.18. The molecule has 1 aliphatic heterocycles. The summed E-state index contributed by atoms with van der Waals surface area (Å²) in [6.07, 6.45) is 0. The predicted molar refractivity (Wildman–Crippen MR) is 78.5 cm³/mol. The van der Waals surface area contributed by atoms with Gasteiger partial charge in [0.25, 0.3) is 0 Å². The van der Waals surface area contributed by atoms with E-state index >= 15 is 0 Å². The fourth-order valence-corrected chi connectivity index (χ4v) is 2.37. The molecule has 0 spiro atoms. The third kappa shape index (κ3) is 3.07. The Labute approximate surface area is 110 Å². The number of benzene rings is 1. The van der Waals surface area contributed by atoms with Crippen LogP contribution in [0.1, 0.15) is 13.8 Å². The van der Waals surface area contributed by atoms with Gasteiger partial charge in [-0.25, -0.2) is 0 Å². The third-order valence-electron chi connectivity index (χ3n) is 3.35. The van der Waals surface area contributed by atoms with E-state index < -0.39 is 0 Å². The molecule has 1 radical (unpaired) electrons. The second-order valence-electron chi connectivity index (χ2n) is 5.28. The largest absolute Gasteiger partial charge is 0.397 e. The van der Waals surface area contributed by atoms with Crippen LogP contribution in [-0.4, -0.2) is 37.6 Å². The first-order chi connectivity index (χ1) is 8.56. The van der Waals surface area contributed by atoms with E-state index in [0.29, 0.717) is 11.4 Å². The predicted octanol–water partition coefficient (Wildman–Crippen LogP) is 1.59. The number of nitrogen functional groups attached to an aromatic ring is 2. The van der Waals surface area contributed by atoms with Crippen molar-refractivity contribution < 1.29 is 0 Å². The number of nitrogens with two attached hydrogens (primary N) is 2. The van der Waals surface area contributed by atoms with Crippen LogP contribution in [0.5, 0.6) is 0 Å². The van der Waals surface area contributed by atoms with E-state index in [-0.39, 0.29) is 0 Å². The van der Waals surface area contributed by atoms with E-state index in [4.69, 9.17) is 11.5 Å². The summed E-state index contributed by atoms with van der Waals surface area (Å²) in [5.41, 5.74) is 14.1. The Hall–Kier alpha value is -1.42. The normalized spacial score (nSPS) is 17.4. The average molecular weight is 247 g/mol. The first kappa shape index (κ1) is 13.0. The van der Waals surface area contributed by atoms with Gasteiger partial charge in [-0.3, -0.25) is 4.90 Å². The van der Waals surface area contributed by atoms with Gasteiger partial charge in [-0.15, -0.1) is 0 Å². The van der Waals surface area contributed by atoms with Crippen LogP contribution in [0.15, 0.2) is 18.2 Å². The molecule has 1 fully saturated rings. The van der Waals surface area contributed by atoms with Crippen molar-refractivity contribution in [2.24, 2.45) is 0 Å². The van der Waals surface area contributed by atoms with E-state index in [1.165, 1.54) is 11.6 Å². The van der Waals surface area contributed by atoms with Crippen molar-refractivity contribution in [3.8, 4) is 0 Å². The van der Waals surface area contributed by atoms with Crippen LogP contribution in [0.3, 0.4) is 0 Å². The second kappa shape index (κ2) is 5.48. The molecule has 1 aromatic carbocycles. The monoisotopic (exact) mass is 247 g/mol. The summed E-state index contributed by atoms with van der Waals surface area (Å²) in [5.74, 6) is 1.47. The zero-order valence-electron chi connectivity index (χ0n) is 11.3. The van der Waals surface area contributed by atoms with Crippen LogP contribution < -0.4 is 16.4 Å². The summed E-state index contributed by atoms with van der Waals surface area (Å²) in [7, 11) is 0. The second-order valence-corrected chi connectivity index (χ2v) is 5.28. The molecule has 18 heavy (non-hydrogen) atoms. The molecule has 1 heterocycles. The van der Waals surface area contributed by atoms with Crippen molar-refractivity contribution in [2.75, 3.05) is 49.1 Å². The fourth-order valence-electron chi connectivity index (χ4n) is 2.37. The maximum absolute atomic E-state index is 5.86. The Morgan fingerprint density at radius 2 is 1.72 bits per heavy atom. The number of hydrogen-bond donors (Lipinski definition) is 2. The van der Waals surface area contributed by atoms with Crippen LogP contribution >= 0.6 is 0 Å². The number of piperazine rings is 1. The lowest BCUT2D eigenvalue weighted by atomic mass is 10.1. The summed E-state index contributed by atoms with van der Waals surface area (Å²) in [6, 6.07) is 5.92. The summed E-state index contributed by atoms with van der Waals surface area (Å²) in [4.78, 5) is 4.86. The maximum atomic E-state index is 5.86. The van der Waals surface area contributed by atoms with Crippen LogP contribution in [0, 0.1) is 5.92 Å². The van der Waals surface area contributed by atoms with Crippen molar-refractivity contribution in [3.63, 3.8) is 0 Å². The molecule has 1 saturated heterocycles. The molecular weight excluding hydrogens is 224 g/mol. The molecule has 0 saturated carbocycles. The number of anilines is 3. The molecule has 99 valence electrons. The Balaban J connectivity index is 1.94. The number of rotatable bonds is 3. The van der Waals surface area contributed by atoms with Gasteiger partial charge in [0.05, 0.1) is 11.4 Å². The Bertz CT molecular complexity index is 395. The zero-order chi connectivity index (χ0) is 13.1. The third-order valence-corrected chi connectivity index (χ3v) is 3.35. The van der Waals surface area contributed by atoms with Gasteiger partial charge in [-0.2, -0.15) is 0 Å². The van der Waals surface area contributed by atoms with Gasteiger partial charge in [0, 0.05) is 38.4 Å². The van der Waals surface area contributed by atoms with Gasteiger partial charge >= 0.3 is 0 Å². The Morgan fingerprint density at radius 1 is 1.06 bits per heavy atom. The molecule has 2 rings (SSSR count). The van der Waals surface area contributed by atoms with Gasteiger partial charge in [-0.1, -0.05) is 13.8 Å². The van der Waals surface area contributed by atoms with E-state index in [0.717, 1.165) is 32.7 Å². The van der Waals surface area contributed by atoms with E-state index in [2.05, 4.69) is 29.7 Å².